The molecule has 0 amide bonds. The number of nitrogens with zero attached hydrogens (tertiary/aromatic N) is 2. The van der Waals surface area contributed by atoms with Gasteiger partial charge < -0.3 is 15.4 Å². The molecule has 0 spiro atoms. The number of rotatable bonds is 6. The van der Waals surface area contributed by atoms with E-state index < -0.39 is 10.0 Å². The minimum absolute atomic E-state index is 0. The second-order valence-corrected chi connectivity index (χ2v) is 10.8. The van der Waals surface area contributed by atoms with Crippen molar-refractivity contribution in [2.75, 3.05) is 27.2 Å². The maximum Gasteiger partial charge on any atom is 0.252 e. The van der Waals surface area contributed by atoms with Crippen LogP contribution < -0.4 is 15.4 Å². The Balaban J connectivity index is 0.00000320. The summed E-state index contributed by atoms with van der Waals surface area (Å²) in [5, 5.41) is 8.43. The van der Waals surface area contributed by atoms with Gasteiger partial charge in [-0.1, -0.05) is 24.3 Å². The van der Waals surface area contributed by atoms with E-state index >= 15 is 0 Å². The summed E-state index contributed by atoms with van der Waals surface area (Å²) < 4.78 is 32.8. The number of fused-ring (bicyclic) bond motifs is 1. The maximum atomic E-state index is 12.5. The number of thiophene rings is 1. The first-order valence-electron chi connectivity index (χ1n) is 9.48. The van der Waals surface area contributed by atoms with Gasteiger partial charge in [0.05, 0.1) is 6.04 Å². The van der Waals surface area contributed by atoms with Crippen molar-refractivity contribution in [1.82, 2.24) is 14.9 Å². The van der Waals surface area contributed by atoms with Crippen LogP contribution in [-0.4, -0.2) is 51.5 Å². The lowest BCUT2D eigenvalue weighted by molar-refractivity contribution is 0.0694. The zero-order chi connectivity index (χ0) is 21.1. The van der Waals surface area contributed by atoms with E-state index in [0.29, 0.717) is 23.3 Å². The van der Waals surface area contributed by atoms with Crippen LogP contribution in [0, 0.1) is 0 Å². The fraction of sp³-hybridized carbons (Fsp3) is 0.450. The van der Waals surface area contributed by atoms with Gasteiger partial charge in [-0.15, -0.1) is 35.3 Å². The summed E-state index contributed by atoms with van der Waals surface area (Å²) >= 11 is 1.22. The van der Waals surface area contributed by atoms with Crippen molar-refractivity contribution in [2.24, 2.45) is 4.99 Å². The van der Waals surface area contributed by atoms with Crippen LogP contribution in [0.15, 0.2) is 51.0 Å². The average Bonchev–Trinajstić information content (AvgIpc) is 3.21. The third-order valence-corrected chi connectivity index (χ3v) is 8.02. The highest BCUT2D eigenvalue weighted by Gasteiger charge is 2.34. The molecule has 30 heavy (non-hydrogen) atoms. The first kappa shape index (κ1) is 24.9. The number of likely N-dealkylation sites (N-methyl/N-ethyl adjacent to an activating group) is 1. The Kier molecular flexibility index (Phi) is 8.54. The molecule has 0 bridgehead atoms. The van der Waals surface area contributed by atoms with Crippen LogP contribution in [0.1, 0.15) is 31.9 Å². The molecule has 2 aromatic rings. The normalized spacial score (nSPS) is 18.2. The summed E-state index contributed by atoms with van der Waals surface area (Å²) in [6, 6.07) is 11.4. The summed E-state index contributed by atoms with van der Waals surface area (Å²) in [4.78, 5) is 4.30. The maximum absolute atomic E-state index is 12.5. The number of hydrogen-bond donors (Lipinski definition) is 2. The highest BCUT2D eigenvalue weighted by Crippen LogP contribution is 2.39. The standard InChI is InChI=1S/C20H28N4O3S2.HI/c1-20(2)14-16(15-8-5-6-9-17(15)27-20)23-19(21-3)22-11-12-24(4)29(25,26)18-10-7-13-28-18;/h5-10,13,16H,11-12,14H2,1-4H3,(H2,21,22,23);1H. The van der Waals surface area contributed by atoms with Crippen LogP contribution in [-0.2, 0) is 10.0 Å². The van der Waals surface area contributed by atoms with Crippen molar-refractivity contribution in [3.8, 4) is 5.75 Å². The van der Waals surface area contributed by atoms with Gasteiger partial charge in [-0.3, -0.25) is 4.99 Å². The first-order chi connectivity index (χ1) is 13.7. The van der Waals surface area contributed by atoms with Crippen LogP contribution in [0.3, 0.4) is 0 Å². The Morgan fingerprint density at radius 1 is 1.30 bits per heavy atom. The molecule has 1 atom stereocenters. The Morgan fingerprint density at radius 2 is 2.03 bits per heavy atom. The number of hydrogen-bond acceptors (Lipinski definition) is 5. The van der Waals surface area contributed by atoms with Crippen molar-refractivity contribution < 1.29 is 13.2 Å². The van der Waals surface area contributed by atoms with Gasteiger partial charge >= 0.3 is 0 Å². The molecule has 1 aliphatic heterocycles. The molecule has 1 aromatic carbocycles. The minimum Gasteiger partial charge on any atom is -0.487 e. The molecule has 0 fully saturated rings. The van der Waals surface area contributed by atoms with E-state index in [1.165, 1.54) is 15.6 Å². The molecule has 10 heteroatoms. The molecule has 1 aliphatic rings. The fourth-order valence-electron chi connectivity index (χ4n) is 3.31. The second-order valence-electron chi connectivity index (χ2n) is 7.56. The molecule has 2 heterocycles. The molecule has 166 valence electrons. The third-order valence-electron chi connectivity index (χ3n) is 4.79. The van der Waals surface area contributed by atoms with Crippen LogP contribution in [0.4, 0.5) is 0 Å². The van der Waals surface area contributed by atoms with Gasteiger partial charge in [0.15, 0.2) is 5.96 Å². The van der Waals surface area contributed by atoms with E-state index in [1.54, 1.807) is 31.6 Å². The summed E-state index contributed by atoms with van der Waals surface area (Å²) in [7, 11) is -0.154. The summed E-state index contributed by atoms with van der Waals surface area (Å²) in [6.45, 7) is 4.91. The van der Waals surface area contributed by atoms with Gasteiger partial charge in [0.25, 0.3) is 10.0 Å². The van der Waals surface area contributed by atoms with Gasteiger partial charge in [0.1, 0.15) is 15.6 Å². The van der Waals surface area contributed by atoms with Gasteiger partial charge in [-0.2, -0.15) is 4.31 Å². The molecule has 1 aromatic heterocycles. The molecular formula is C20H29IN4O3S2. The van der Waals surface area contributed by atoms with E-state index in [9.17, 15) is 8.42 Å². The van der Waals surface area contributed by atoms with Gasteiger partial charge in [-0.25, -0.2) is 8.42 Å². The summed E-state index contributed by atoms with van der Waals surface area (Å²) in [5.74, 6) is 1.50. The first-order valence-corrected chi connectivity index (χ1v) is 11.8. The quantitative estimate of drug-likeness (QED) is 0.319. The lowest BCUT2D eigenvalue weighted by atomic mass is 9.90. The Labute approximate surface area is 200 Å². The summed E-state index contributed by atoms with van der Waals surface area (Å²) in [6.07, 6.45) is 0.789. The topological polar surface area (TPSA) is 83.0 Å². The van der Waals surface area contributed by atoms with Gasteiger partial charge in [0.2, 0.25) is 0 Å². The summed E-state index contributed by atoms with van der Waals surface area (Å²) in [5.41, 5.74) is 0.798. The third kappa shape index (κ3) is 5.86. The molecule has 0 saturated carbocycles. The number of guanidine groups is 1. The average molecular weight is 565 g/mol. The van der Waals surface area contributed by atoms with Crippen LogP contribution >= 0.6 is 35.3 Å². The van der Waals surface area contributed by atoms with Crippen molar-refractivity contribution in [3.63, 3.8) is 0 Å². The Hall–Kier alpha value is -1.37. The Bertz CT molecular complexity index is 962. The van der Waals surface area contributed by atoms with E-state index in [1.807, 2.05) is 18.2 Å². The number of aliphatic imine (C=N–C) groups is 1. The fourth-order valence-corrected chi connectivity index (χ4v) is 5.68. The van der Waals surface area contributed by atoms with Crippen molar-refractivity contribution in [1.29, 1.82) is 0 Å². The lowest BCUT2D eigenvalue weighted by Gasteiger charge is -2.38. The SMILES string of the molecule is CN=C(NCCN(C)S(=O)(=O)c1cccs1)NC1CC(C)(C)Oc2ccccc21.I. The molecule has 0 radical (unpaired) electrons. The van der Waals surface area contributed by atoms with E-state index in [4.69, 9.17) is 4.74 Å². The zero-order valence-electron chi connectivity index (χ0n) is 17.6. The van der Waals surface area contributed by atoms with Crippen molar-refractivity contribution in [3.05, 3.63) is 47.3 Å². The van der Waals surface area contributed by atoms with Crippen molar-refractivity contribution in [2.45, 2.75) is 36.1 Å². The number of nitrogens with one attached hydrogen (secondary N) is 2. The predicted octanol–water partition coefficient (Wildman–Crippen LogP) is 3.45. The van der Waals surface area contributed by atoms with Crippen LogP contribution in [0.2, 0.25) is 0 Å². The minimum atomic E-state index is -3.45. The van der Waals surface area contributed by atoms with E-state index in [0.717, 1.165) is 17.7 Å². The van der Waals surface area contributed by atoms with Gasteiger partial charge in [-0.05, 0) is 31.4 Å². The number of halogens is 1. The number of benzene rings is 1. The van der Waals surface area contributed by atoms with Crippen molar-refractivity contribution >= 4 is 51.3 Å². The lowest BCUT2D eigenvalue weighted by Crippen LogP contribution is -2.46. The molecule has 1 unspecified atom stereocenters. The monoisotopic (exact) mass is 564 g/mol. The van der Waals surface area contributed by atoms with Crippen LogP contribution in [0.25, 0.3) is 0 Å². The Morgan fingerprint density at radius 3 is 2.70 bits per heavy atom. The highest BCUT2D eigenvalue weighted by molar-refractivity contribution is 14.0. The zero-order valence-corrected chi connectivity index (χ0v) is 21.5. The highest BCUT2D eigenvalue weighted by atomic mass is 127. The number of para-hydroxylation sites is 1. The molecule has 2 N–H and O–H groups in total. The van der Waals surface area contributed by atoms with E-state index in [-0.39, 0.29) is 35.6 Å². The van der Waals surface area contributed by atoms with E-state index in [2.05, 4.69) is 35.5 Å². The number of ether oxygens (including phenoxy) is 1. The molecule has 0 aliphatic carbocycles. The number of sulfonamides is 1. The molecule has 7 nitrogen and oxygen atoms in total. The smallest absolute Gasteiger partial charge is 0.252 e. The molecule has 0 saturated heterocycles. The molecular weight excluding hydrogens is 535 g/mol. The molecule has 3 rings (SSSR count). The van der Waals surface area contributed by atoms with Gasteiger partial charge in [0, 0.05) is 39.2 Å². The largest absolute Gasteiger partial charge is 0.487 e. The predicted molar refractivity (Wildman–Crippen MR) is 133 cm³/mol. The second kappa shape index (κ2) is 10.3. The van der Waals surface area contributed by atoms with Crippen LogP contribution in [0.5, 0.6) is 5.75 Å².